The maximum absolute atomic E-state index is 2.67. The summed E-state index contributed by atoms with van der Waals surface area (Å²) in [6, 6.07) is 0. The Morgan fingerprint density at radius 2 is 1.51 bits per heavy atom. The third-order valence-corrected chi connectivity index (χ3v) is 11.9. The van der Waals surface area contributed by atoms with Crippen molar-refractivity contribution in [3.05, 3.63) is 11.6 Å². The lowest BCUT2D eigenvalue weighted by molar-refractivity contribution is 0.315. The molecule has 0 heteroatoms. The molecule has 0 aromatic rings. The molecular formula is C35H62. The maximum Gasteiger partial charge on any atom is -0.0169 e. The van der Waals surface area contributed by atoms with E-state index in [0.717, 1.165) is 52.8 Å². The maximum atomic E-state index is 2.67. The van der Waals surface area contributed by atoms with Gasteiger partial charge in [0.1, 0.15) is 0 Å². The summed E-state index contributed by atoms with van der Waals surface area (Å²) >= 11 is 0. The molecule has 0 heterocycles. The summed E-state index contributed by atoms with van der Waals surface area (Å²) < 4.78 is 0. The number of unbranched alkanes of at least 4 members (excludes halogenated alkanes) is 7. The molecule has 0 aliphatic heterocycles. The minimum Gasteiger partial charge on any atom is -0.0844 e. The van der Waals surface area contributed by atoms with E-state index in [1.807, 2.05) is 5.57 Å². The number of hydrogen-bond acceptors (Lipinski definition) is 0. The largest absolute Gasteiger partial charge is 0.0844 e. The van der Waals surface area contributed by atoms with Crippen molar-refractivity contribution in [2.45, 2.75) is 157 Å². The van der Waals surface area contributed by atoms with Crippen LogP contribution >= 0.6 is 0 Å². The van der Waals surface area contributed by atoms with Crippen molar-refractivity contribution >= 4 is 0 Å². The Hall–Kier alpha value is -0.260. The van der Waals surface area contributed by atoms with E-state index in [0.29, 0.717) is 0 Å². The van der Waals surface area contributed by atoms with Crippen LogP contribution in [0, 0.1) is 52.8 Å². The fourth-order valence-electron chi connectivity index (χ4n) is 9.65. The zero-order chi connectivity index (χ0) is 24.8. The molecule has 0 aromatic carbocycles. The molecule has 0 aromatic heterocycles. The molecule has 9 unspecified atom stereocenters. The van der Waals surface area contributed by atoms with Gasteiger partial charge in [0.05, 0.1) is 0 Å². The number of allylic oxidation sites excluding steroid dienone is 2. The normalized spacial score (nSPS) is 37.4. The van der Waals surface area contributed by atoms with Crippen LogP contribution < -0.4 is 0 Å². The zero-order valence-electron chi connectivity index (χ0n) is 24.6. The van der Waals surface area contributed by atoms with Crippen molar-refractivity contribution in [1.82, 2.24) is 0 Å². The second-order valence-electron chi connectivity index (χ2n) is 14.1. The molecule has 4 aliphatic carbocycles. The first-order valence-corrected chi connectivity index (χ1v) is 16.8. The highest BCUT2D eigenvalue weighted by Crippen LogP contribution is 2.84. The first-order chi connectivity index (χ1) is 17.1. The van der Waals surface area contributed by atoms with Crippen LogP contribution in [0.2, 0.25) is 0 Å². The van der Waals surface area contributed by atoms with Crippen LogP contribution in [0.15, 0.2) is 11.6 Å². The molecule has 0 amide bonds. The van der Waals surface area contributed by atoms with Gasteiger partial charge in [-0.15, -0.1) is 0 Å². The molecule has 9 atom stereocenters. The van der Waals surface area contributed by atoms with E-state index < -0.39 is 0 Å². The topological polar surface area (TPSA) is 0 Å². The van der Waals surface area contributed by atoms with Crippen LogP contribution in [-0.2, 0) is 0 Å². The van der Waals surface area contributed by atoms with Crippen LogP contribution in [0.5, 0.6) is 0 Å². The van der Waals surface area contributed by atoms with Crippen LogP contribution in [0.4, 0.5) is 0 Å². The van der Waals surface area contributed by atoms with Gasteiger partial charge in [-0.1, -0.05) is 130 Å². The summed E-state index contributed by atoms with van der Waals surface area (Å²) in [6.45, 7) is 12.4. The minimum absolute atomic E-state index is 0.749. The van der Waals surface area contributed by atoms with Crippen LogP contribution in [-0.4, -0.2) is 0 Å². The predicted octanol–water partition coefficient (Wildman–Crippen LogP) is 11.4. The number of hydrogen-bond donors (Lipinski definition) is 0. The zero-order valence-corrected chi connectivity index (χ0v) is 24.6. The highest BCUT2D eigenvalue weighted by atomic mass is 14.8. The Kier molecular flexibility index (Phi) is 10.3. The smallest absolute Gasteiger partial charge is 0.0169 e. The van der Waals surface area contributed by atoms with Crippen LogP contribution in [0.3, 0.4) is 0 Å². The molecule has 3 fully saturated rings. The van der Waals surface area contributed by atoms with E-state index in [4.69, 9.17) is 0 Å². The summed E-state index contributed by atoms with van der Waals surface area (Å²) in [5, 5.41) is 0. The van der Waals surface area contributed by atoms with E-state index >= 15 is 0 Å². The molecular weight excluding hydrogens is 420 g/mol. The Labute approximate surface area is 220 Å². The molecule has 4 rings (SSSR count). The van der Waals surface area contributed by atoms with Crippen molar-refractivity contribution < 1.29 is 0 Å². The molecule has 0 spiro atoms. The van der Waals surface area contributed by atoms with Crippen molar-refractivity contribution in [3.63, 3.8) is 0 Å². The van der Waals surface area contributed by atoms with Gasteiger partial charge in [-0.2, -0.15) is 0 Å². The third kappa shape index (κ3) is 6.42. The molecule has 0 bridgehead atoms. The lowest BCUT2D eigenvalue weighted by Gasteiger charge is -2.27. The van der Waals surface area contributed by atoms with Gasteiger partial charge in [-0.25, -0.2) is 0 Å². The van der Waals surface area contributed by atoms with Gasteiger partial charge in [0.2, 0.25) is 0 Å². The first-order valence-electron chi connectivity index (χ1n) is 16.8. The van der Waals surface area contributed by atoms with Crippen LogP contribution in [0.25, 0.3) is 0 Å². The SMILES string of the molecule is CCCCCC(CC)CCCCCCC1CC=C1CCCC1C2C(C)C3C(C12)C3(C)CCCCC. The molecule has 4 aliphatic rings. The van der Waals surface area contributed by atoms with Gasteiger partial charge >= 0.3 is 0 Å². The summed E-state index contributed by atoms with van der Waals surface area (Å²) in [5.41, 5.74) is 2.61. The van der Waals surface area contributed by atoms with E-state index in [-0.39, 0.29) is 0 Å². The van der Waals surface area contributed by atoms with Gasteiger partial charge in [0, 0.05) is 0 Å². The van der Waals surface area contributed by atoms with Crippen LogP contribution in [0.1, 0.15) is 157 Å². The van der Waals surface area contributed by atoms with Crippen molar-refractivity contribution in [1.29, 1.82) is 0 Å². The Morgan fingerprint density at radius 1 is 0.800 bits per heavy atom. The molecule has 0 N–H and O–H groups in total. The fraction of sp³-hybridized carbons (Fsp3) is 0.943. The average Bonchev–Trinajstić information content (AvgIpc) is 3.66. The van der Waals surface area contributed by atoms with Gasteiger partial charge < -0.3 is 0 Å². The monoisotopic (exact) mass is 482 g/mol. The molecule has 3 saturated carbocycles. The van der Waals surface area contributed by atoms with Crippen molar-refractivity contribution in [3.8, 4) is 0 Å². The van der Waals surface area contributed by atoms with E-state index in [9.17, 15) is 0 Å². The number of fused-ring (bicyclic) bond motifs is 3. The van der Waals surface area contributed by atoms with E-state index in [2.05, 4.69) is 40.7 Å². The van der Waals surface area contributed by atoms with Crippen molar-refractivity contribution in [2.75, 3.05) is 0 Å². The summed E-state index contributed by atoms with van der Waals surface area (Å²) in [6.07, 6.45) is 30.4. The number of rotatable bonds is 20. The minimum atomic E-state index is 0.749. The fourth-order valence-corrected chi connectivity index (χ4v) is 9.65. The summed E-state index contributed by atoms with van der Waals surface area (Å²) in [7, 11) is 0. The molecule has 0 radical (unpaired) electrons. The second kappa shape index (κ2) is 13.0. The van der Waals surface area contributed by atoms with E-state index in [1.54, 1.807) is 6.42 Å². The molecule has 0 saturated heterocycles. The molecule has 35 heavy (non-hydrogen) atoms. The van der Waals surface area contributed by atoms with Gasteiger partial charge in [0.15, 0.2) is 0 Å². The standard InChI is InChI=1S/C35H62/c1-6-9-13-18-27(8-3)19-14-11-12-15-20-28-23-24-29(28)21-17-22-30-31-26(4)33-34(32(30)31)35(33,5)25-16-10-7-2/h24,26-28,30-34H,6-23,25H2,1-5H3. The Bertz CT molecular complexity index is 659. The van der Waals surface area contributed by atoms with Gasteiger partial charge in [-0.05, 0) is 91.3 Å². The Morgan fingerprint density at radius 3 is 2.20 bits per heavy atom. The quantitative estimate of drug-likeness (QED) is 0.119. The van der Waals surface area contributed by atoms with Crippen molar-refractivity contribution in [2.24, 2.45) is 52.8 Å². The predicted molar refractivity (Wildman–Crippen MR) is 155 cm³/mol. The van der Waals surface area contributed by atoms with Gasteiger partial charge in [0.25, 0.3) is 0 Å². The highest BCUT2D eigenvalue weighted by molar-refractivity contribution is 5.27. The average molecular weight is 483 g/mol. The first kappa shape index (κ1) is 27.8. The Balaban J connectivity index is 1.03. The lowest BCUT2D eigenvalue weighted by atomic mass is 9.78. The highest BCUT2D eigenvalue weighted by Gasteiger charge is 2.79. The van der Waals surface area contributed by atoms with E-state index in [1.165, 1.54) is 116 Å². The summed E-state index contributed by atoms with van der Waals surface area (Å²) in [5.74, 6) is 8.66. The second-order valence-corrected chi connectivity index (χ2v) is 14.1. The van der Waals surface area contributed by atoms with Gasteiger partial charge in [-0.3, -0.25) is 0 Å². The summed E-state index contributed by atoms with van der Waals surface area (Å²) in [4.78, 5) is 0. The molecule has 202 valence electrons. The third-order valence-electron chi connectivity index (χ3n) is 11.9. The lowest BCUT2D eigenvalue weighted by Crippen LogP contribution is -2.13. The molecule has 0 nitrogen and oxygen atoms in total.